The van der Waals surface area contributed by atoms with E-state index in [0.717, 1.165) is 6.42 Å². The van der Waals surface area contributed by atoms with Gasteiger partial charge in [0.25, 0.3) is 0 Å². The largest absolute Gasteiger partial charge is 0.357 e. The highest BCUT2D eigenvalue weighted by atomic mass is 79.9. The molecule has 0 aromatic carbocycles. The van der Waals surface area contributed by atoms with E-state index in [0.29, 0.717) is 0 Å². The SMILES string of the molecule is CC(Br)OC1(C)C=CC=CC1. The van der Waals surface area contributed by atoms with E-state index in [2.05, 4.69) is 35.0 Å². The molecular weight excluding hydrogens is 204 g/mol. The quantitative estimate of drug-likeness (QED) is 0.646. The van der Waals surface area contributed by atoms with E-state index < -0.39 is 0 Å². The van der Waals surface area contributed by atoms with Gasteiger partial charge in [-0.15, -0.1) is 0 Å². The van der Waals surface area contributed by atoms with Crippen LogP contribution in [0.15, 0.2) is 24.3 Å². The zero-order valence-electron chi connectivity index (χ0n) is 6.88. The van der Waals surface area contributed by atoms with E-state index in [1.807, 2.05) is 19.1 Å². The zero-order chi connectivity index (χ0) is 8.32. The third-order valence-corrected chi connectivity index (χ3v) is 1.84. The van der Waals surface area contributed by atoms with Crippen molar-refractivity contribution < 1.29 is 4.74 Å². The van der Waals surface area contributed by atoms with Gasteiger partial charge in [0.15, 0.2) is 0 Å². The number of hydrogen-bond donors (Lipinski definition) is 0. The molecule has 1 aliphatic carbocycles. The van der Waals surface area contributed by atoms with Crippen molar-refractivity contribution in [1.82, 2.24) is 0 Å². The maximum Gasteiger partial charge on any atom is 0.110 e. The average molecular weight is 217 g/mol. The van der Waals surface area contributed by atoms with Crippen LogP contribution in [0.1, 0.15) is 20.3 Å². The Labute approximate surface area is 76.3 Å². The molecule has 0 saturated carbocycles. The van der Waals surface area contributed by atoms with Crippen molar-refractivity contribution in [1.29, 1.82) is 0 Å². The maximum atomic E-state index is 5.66. The third-order valence-electron chi connectivity index (χ3n) is 1.65. The molecule has 0 bridgehead atoms. The van der Waals surface area contributed by atoms with Crippen molar-refractivity contribution in [3.63, 3.8) is 0 Å². The van der Waals surface area contributed by atoms with Crippen molar-refractivity contribution in [3.05, 3.63) is 24.3 Å². The van der Waals surface area contributed by atoms with E-state index in [-0.39, 0.29) is 10.6 Å². The van der Waals surface area contributed by atoms with Crippen LogP contribution < -0.4 is 0 Å². The van der Waals surface area contributed by atoms with E-state index in [1.54, 1.807) is 0 Å². The minimum atomic E-state index is -0.113. The topological polar surface area (TPSA) is 9.23 Å². The molecule has 1 rings (SSSR count). The Morgan fingerprint density at radius 3 is 2.73 bits per heavy atom. The molecule has 62 valence electrons. The van der Waals surface area contributed by atoms with E-state index in [1.165, 1.54) is 0 Å². The van der Waals surface area contributed by atoms with Crippen LogP contribution in [-0.4, -0.2) is 10.6 Å². The number of ether oxygens (including phenoxy) is 1. The number of hydrogen-bond acceptors (Lipinski definition) is 1. The zero-order valence-corrected chi connectivity index (χ0v) is 8.47. The lowest BCUT2D eigenvalue weighted by molar-refractivity contribution is 0.00126. The highest BCUT2D eigenvalue weighted by Crippen LogP contribution is 2.24. The van der Waals surface area contributed by atoms with Crippen molar-refractivity contribution >= 4 is 15.9 Å². The van der Waals surface area contributed by atoms with Gasteiger partial charge < -0.3 is 4.74 Å². The van der Waals surface area contributed by atoms with Crippen molar-refractivity contribution in [2.24, 2.45) is 0 Å². The second kappa shape index (κ2) is 3.55. The summed E-state index contributed by atoms with van der Waals surface area (Å²) in [4.78, 5) is 0. The molecule has 2 atom stereocenters. The molecule has 0 heterocycles. The van der Waals surface area contributed by atoms with Gasteiger partial charge in [-0.2, -0.15) is 0 Å². The van der Waals surface area contributed by atoms with Crippen LogP contribution in [-0.2, 0) is 4.74 Å². The number of rotatable bonds is 2. The van der Waals surface area contributed by atoms with E-state index in [9.17, 15) is 0 Å². The van der Waals surface area contributed by atoms with Crippen LogP contribution in [0.4, 0.5) is 0 Å². The molecule has 0 aromatic rings. The molecule has 2 heteroatoms. The van der Waals surface area contributed by atoms with Gasteiger partial charge in [-0.1, -0.05) is 40.2 Å². The summed E-state index contributed by atoms with van der Waals surface area (Å²) in [6.07, 6.45) is 9.24. The summed E-state index contributed by atoms with van der Waals surface area (Å²) < 4.78 is 5.66. The molecule has 0 N–H and O–H groups in total. The van der Waals surface area contributed by atoms with Crippen molar-refractivity contribution in [3.8, 4) is 0 Å². The minimum Gasteiger partial charge on any atom is -0.357 e. The summed E-state index contributed by atoms with van der Waals surface area (Å²) in [5.74, 6) is 0. The highest BCUT2D eigenvalue weighted by Gasteiger charge is 2.22. The fraction of sp³-hybridized carbons (Fsp3) is 0.556. The van der Waals surface area contributed by atoms with Gasteiger partial charge in [-0.3, -0.25) is 0 Å². The van der Waals surface area contributed by atoms with Gasteiger partial charge in [-0.25, -0.2) is 0 Å². The summed E-state index contributed by atoms with van der Waals surface area (Å²) in [6, 6.07) is 0. The third kappa shape index (κ3) is 2.80. The van der Waals surface area contributed by atoms with Crippen LogP contribution in [0.25, 0.3) is 0 Å². The van der Waals surface area contributed by atoms with Gasteiger partial charge in [0.1, 0.15) is 5.01 Å². The first-order chi connectivity index (χ1) is 5.12. The van der Waals surface area contributed by atoms with Crippen LogP contribution in [0, 0.1) is 0 Å². The summed E-state index contributed by atoms with van der Waals surface area (Å²) in [5, 5.41) is 0.114. The number of halogens is 1. The Morgan fingerprint density at radius 1 is 1.55 bits per heavy atom. The molecular formula is C9H13BrO. The Kier molecular flexibility index (Phi) is 2.90. The summed E-state index contributed by atoms with van der Waals surface area (Å²) in [5.41, 5.74) is -0.113. The highest BCUT2D eigenvalue weighted by molar-refractivity contribution is 9.09. The predicted molar refractivity (Wildman–Crippen MR) is 50.8 cm³/mol. The lowest BCUT2D eigenvalue weighted by Gasteiger charge is -2.28. The molecule has 0 aromatic heterocycles. The van der Waals surface area contributed by atoms with Crippen molar-refractivity contribution in [2.75, 3.05) is 0 Å². The number of allylic oxidation sites excluding steroid dienone is 2. The van der Waals surface area contributed by atoms with Gasteiger partial charge in [0.05, 0.1) is 5.60 Å². The standard InChI is InChI=1S/C9H13BrO/c1-8(10)11-9(2)6-4-3-5-7-9/h3-6,8H,7H2,1-2H3. The van der Waals surface area contributed by atoms with Crippen LogP contribution in [0.2, 0.25) is 0 Å². The molecule has 0 spiro atoms. The first-order valence-electron chi connectivity index (χ1n) is 3.79. The fourth-order valence-corrected chi connectivity index (χ4v) is 1.59. The second-order valence-corrected chi connectivity index (χ2v) is 4.25. The predicted octanol–water partition coefficient (Wildman–Crippen LogP) is 3.02. The summed E-state index contributed by atoms with van der Waals surface area (Å²) in [7, 11) is 0. The average Bonchev–Trinajstić information content (AvgIpc) is 1.85. The van der Waals surface area contributed by atoms with Gasteiger partial charge >= 0.3 is 0 Å². The molecule has 2 unspecified atom stereocenters. The lowest BCUT2D eigenvalue weighted by atomic mass is 9.98. The molecule has 0 saturated heterocycles. The Bertz CT molecular complexity index is 184. The first-order valence-corrected chi connectivity index (χ1v) is 4.70. The Hall–Kier alpha value is -0.0800. The number of alkyl halides is 1. The molecule has 1 nitrogen and oxygen atoms in total. The minimum absolute atomic E-state index is 0.113. The molecule has 0 aliphatic heterocycles. The smallest absolute Gasteiger partial charge is 0.110 e. The summed E-state index contributed by atoms with van der Waals surface area (Å²) in [6.45, 7) is 4.07. The molecule has 11 heavy (non-hydrogen) atoms. The first kappa shape index (κ1) is 9.01. The van der Waals surface area contributed by atoms with Gasteiger partial charge in [0.2, 0.25) is 0 Å². The van der Waals surface area contributed by atoms with Crippen LogP contribution in [0.5, 0.6) is 0 Å². The van der Waals surface area contributed by atoms with E-state index in [4.69, 9.17) is 4.74 Å². The van der Waals surface area contributed by atoms with Gasteiger partial charge in [0, 0.05) is 0 Å². The maximum absolute atomic E-state index is 5.66. The summed E-state index contributed by atoms with van der Waals surface area (Å²) >= 11 is 3.36. The molecule has 1 aliphatic rings. The molecule has 0 fully saturated rings. The monoisotopic (exact) mass is 216 g/mol. The van der Waals surface area contributed by atoms with Crippen LogP contribution >= 0.6 is 15.9 Å². The van der Waals surface area contributed by atoms with Gasteiger partial charge in [-0.05, 0) is 20.3 Å². The van der Waals surface area contributed by atoms with Crippen LogP contribution in [0.3, 0.4) is 0 Å². The Balaban J connectivity index is 2.54. The lowest BCUT2D eigenvalue weighted by Crippen LogP contribution is -2.28. The van der Waals surface area contributed by atoms with E-state index >= 15 is 0 Å². The fourth-order valence-electron chi connectivity index (χ4n) is 1.17. The normalized spacial score (nSPS) is 32.3. The second-order valence-electron chi connectivity index (χ2n) is 2.96. The molecule has 0 radical (unpaired) electrons. The van der Waals surface area contributed by atoms with Crippen molar-refractivity contribution in [2.45, 2.75) is 30.9 Å². The Morgan fingerprint density at radius 2 is 2.27 bits per heavy atom. The molecule has 0 amide bonds.